The average Bonchev–Trinajstić information content (AvgIpc) is 2.65. The Hall–Kier alpha value is -2.00. The minimum Gasteiger partial charge on any atom is -0.250 e. The molecule has 0 saturated carbocycles. The van der Waals surface area contributed by atoms with E-state index in [1.54, 1.807) is 50.2 Å². The van der Waals surface area contributed by atoms with E-state index in [-0.39, 0.29) is 13.2 Å². The lowest BCUT2D eigenvalue weighted by Gasteiger charge is -2.16. The summed E-state index contributed by atoms with van der Waals surface area (Å²) in [4.78, 5) is 9.58. The summed E-state index contributed by atoms with van der Waals surface area (Å²) in [6, 6.07) is 16.1. The Morgan fingerprint density at radius 1 is 0.958 bits per heavy atom. The van der Waals surface area contributed by atoms with Crippen LogP contribution >= 0.6 is 7.60 Å². The molecule has 0 atom stereocenters. The molecule has 6 nitrogen and oxygen atoms in total. The van der Waals surface area contributed by atoms with E-state index in [2.05, 4.69) is 6.07 Å². The van der Waals surface area contributed by atoms with Crippen molar-refractivity contribution in [2.75, 3.05) is 13.2 Å². The molecule has 0 bridgehead atoms. The summed E-state index contributed by atoms with van der Waals surface area (Å²) in [7, 11) is -3.74. The molecule has 0 spiro atoms. The molecule has 0 unspecified atom stereocenters. The largest absolute Gasteiger partial charge is 0.414 e. The minimum atomic E-state index is -3.74. The summed E-state index contributed by atoms with van der Waals surface area (Å²) < 4.78 is 22.6. The van der Waals surface area contributed by atoms with Gasteiger partial charge >= 0.3 is 7.60 Å². The third-order valence-corrected chi connectivity index (χ3v) is 4.61. The highest BCUT2D eigenvalue weighted by Crippen LogP contribution is 2.47. The van der Waals surface area contributed by atoms with Crippen molar-refractivity contribution < 1.29 is 23.7 Å². The smallest absolute Gasteiger partial charge is 0.250 e. The van der Waals surface area contributed by atoms with Crippen LogP contribution in [0.5, 0.6) is 0 Å². The van der Waals surface area contributed by atoms with Gasteiger partial charge in [-0.2, -0.15) is 5.26 Å². The van der Waals surface area contributed by atoms with Crippen molar-refractivity contribution >= 4 is 12.9 Å². The Morgan fingerprint density at radius 2 is 1.54 bits per heavy atom. The van der Waals surface area contributed by atoms with Crippen LogP contribution in [0.3, 0.4) is 0 Å². The maximum absolute atomic E-state index is 12.8. The highest BCUT2D eigenvalue weighted by molar-refractivity contribution is 7.62. The molecule has 0 aliphatic carbocycles. The Morgan fingerprint density at radius 3 is 2.08 bits per heavy atom. The third-order valence-electron chi connectivity index (χ3n) is 3.08. The van der Waals surface area contributed by atoms with Gasteiger partial charge in [0.05, 0.1) is 30.2 Å². The molecule has 7 heteroatoms. The summed E-state index contributed by atoms with van der Waals surface area (Å²) >= 11 is 0. The summed E-state index contributed by atoms with van der Waals surface area (Å²) in [6.45, 7) is 3.83. The number of benzene rings is 2. The first kappa shape index (κ1) is 18.3. The molecule has 2 aromatic rings. The van der Waals surface area contributed by atoms with E-state index in [4.69, 9.17) is 19.1 Å². The normalized spacial score (nSPS) is 11.2. The van der Waals surface area contributed by atoms with Gasteiger partial charge in [-0.15, -0.1) is 9.35 Å². The lowest BCUT2D eigenvalue weighted by Crippen LogP contribution is -2.11. The maximum atomic E-state index is 12.8. The van der Waals surface area contributed by atoms with Crippen LogP contribution in [-0.4, -0.2) is 13.2 Å². The molecule has 126 valence electrons. The van der Waals surface area contributed by atoms with Gasteiger partial charge in [0, 0.05) is 0 Å². The van der Waals surface area contributed by atoms with Crippen molar-refractivity contribution in [2.45, 2.75) is 13.8 Å². The molecular formula is C17H18NO5P. The molecule has 0 heterocycles. The predicted octanol–water partition coefficient (Wildman–Crippen LogP) is 3.98. The molecule has 0 N–H and O–H groups in total. The average molecular weight is 347 g/mol. The number of rotatable bonds is 8. The van der Waals surface area contributed by atoms with Crippen LogP contribution in [0.1, 0.15) is 19.4 Å². The Labute approximate surface area is 140 Å². The molecular weight excluding hydrogens is 329 g/mol. The lowest BCUT2D eigenvalue weighted by atomic mass is 10.0. The number of nitrogens with zero attached hydrogens (tertiary/aromatic N) is 1. The van der Waals surface area contributed by atoms with Crippen molar-refractivity contribution in [3.63, 3.8) is 0 Å². The van der Waals surface area contributed by atoms with Crippen LogP contribution in [0, 0.1) is 11.3 Å². The van der Waals surface area contributed by atoms with Gasteiger partial charge in [-0.25, -0.2) is 14.3 Å². The number of hydrogen-bond donors (Lipinski definition) is 0. The van der Waals surface area contributed by atoms with E-state index in [1.165, 1.54) is 0 Å². The molecule has 0 fully saturated rings. The molecule has 0 aromatic heterocycles. The number of hydrogen-bond acceptors (Lipinski definition) is 6. The fourth-order valence-corrected chi connectivity index (χ4v) is 3.20. The van der Waals surface area contributed by atoms with Gasteiger partial charge in [0.1, 0.15) is 0 Å². The third kappa shape index (κ3) is 4.30. The summed E-state index contributed by atoms with van der Waals surface area (Å²) in [5, 5.41) is 9.48. The van der Waals surface area contributed by atoms with Crippen molar-refractivity contribution in [3.05, 3.63) is 54.1 Å². The number of nitriles is 1. The molecule has 2 aromatic carbocycles. The molecule has 0 saturated heterocycles. The first-order valence-corrected chi connectivity index (χ1v) is 9.01. The highest BCUT2D eigenvalue weighted by atomic mass is 31.2. The van der Waals surface area contributed by atoms with E-state index in [1.807, 2.05) is 12.1 Å². The van der Waals surface area contributed by atoms with E-state index in [0.29, 0.717) is 10.9 Å². The van der Waals surface area contributed by atoms with Gasteiger partial charge in [0.15, 0.2) is 0 Å². The second-order valence-electron chi connectivity index (χ2n) is 4.66. The summed E-state index contributed by atoms with van der Waals surface area (Å²) in [6.07, 6.45) is 0. The van der Waals surface area contributed by atoms with Crippen LogP contribution in [-0.2, 0) is 23.7 Å². The second kappa shape index (κ2) is 8.74. The molecule has 0 aliphatic rings. The van der Waals surface area contributed by atoms with Crippen LogP contribution in [0.15, 0.2) is 48.5 Å². The van der Waals surface area contributed by atoms with Crippen LogP contribution < -0.4 is 5.30 Å². The Bertz CT molecular complexity index is 742. The van der Waals surface area contributed by atoms with Crippen molar-refractivity contribution in [2.24, 2.45) is 0 Å². The maximum Gasteiger partial charge on any atom is 0.414 e. The van der Waals surface area contributed by atoms with E-state index >= 15 is 0 Å². The monoisotopic (exact) mass is 347 g/mol. The standard InChI is InChI=1S/C17H18NO5P/c1-3-20-22-24(19,23-21-4-2)16-11-9-14(10-12-16)17-8-6-5-7-15(17)13-18/h5-12H,3-4H2,1-2H3. The van der Waals surface area contributed by atoms with Crippen molar-refractivity contribution in [3.8, 4) is 17.2 Å². The quantitative estimate of drug-likeness (QED) is 0.408. The van der Waals surface area contributed by atoms with Gasteiger partial charge in [-0.05, 0) is 43.2 Å². The topological polar surface area (TPSA) is 77.8 Å². The van der Waals surface area contributed by atoms with Crippen LogP contribution in [0.2, 0.25) is 0 Å². The first-order valence-electron chi connectivity index (χ1n) is 7.47. The zero-order chi connectivity index (χ0) is 17.4. The van der Waals surface area contributed by atoms with E-state index in [9.17, 15) is 9.83 Å². The fourth-order valence-electron chi connectivity index (χ4n) is 2.00. The summed E-state index contributed by atoms with van der Waals surface area (Å²) in [5.41, 5.74) is 2.16. The lowest BCUT2D eigenvalue weighted by molar-refractivity contribution is -0.260. The van der Waals surface area contributed by atoms with E-state index in [0.717, 1.165) is 11.1 Å². The van der Waals surface area contributed by atoms with E-state index < -0.39 is 7.60 Å². The van der Waals surface area contributed by atoms with Crippen LogP contribution in [0.25, 0.3) is 11.1 Å². The second-order valence-corrected chi connectivity index (χ2v) is 6.47. The predicted molar refractivity (Wildman–Crippen MR) is 89.3 cm³/mol. The van der Waals surface area contributed by atoms with Gasteiger partial charge in [-0.1, -0.05) is 30.3 Å². The molecule has 24 heavy (non-hydrogen) atoms. The SMILES string of the molecule is CCOOP(=O)(OOCC)c1ccc(-c2ccccc2C#N)cc1. The highest BCUT2D eigenvalue weighted by Gasteiger charge is 2.31. The van der Waals surface area contributed by atoms with Gasteiger partial charge in [-0.3, -0.25) is 0 Å². The molecule has 0 aliphatic heterocycles. The minimum absolute atomic E-state index is 0.215. The molecule has 0 amide bonds. The van der Waals surface area contributed by atoms with Gasteiger partial charge < -0.3 is 0 Å². The van der Waals surface area contributed by atoms with Gasteiger partial charge in [0.25, 0.3) is 0 Å². The van der Waals surface area contributed by atoms with Crippen molar-refractivity contribution in [1.82, 2.24) is 0 Å². The van der Waals surface area contributed by atoms with Crippen LogP contribution in [0.4, 0.5) is 0 Å². The van der Waals surface area contributed by atoms with Gasteiger partial charge in [0.2, 0.25) is 0 Å². The Balaban J connectivity index is 2.32. The fraction of sp³-hybridized carbons (Fsp3) is 0.235. The summed E-state index contributed by atoms with van der Waals surface area (Å²) in [5.74, 6) is 0. The molecule has 2 rings (SSSR count). The molecule has 0 radical (unpaired) electrons. The first-order chi connectivity index (χ1) is 11.6. The van der Waals surface area contributed by atoms with Crippen molar-refractivity contribution in [1.29, 1.82) is 5.26 Å². The zero-order valence-corrected chi connectivity index (χ0v) is 14.4. The Kier molecular flexibility index (Phi) is 6.68. The zero-order valence-electron chi connectivity index (χ0n) is 13.5.